The summed E-state index contributed by atoms with van der Waals surface area (Å²) < 4.78 is 0. The maximum atomic E-state index is 4.20. The summed E-state index contributed by atoms with van der Waals surface area (Å²) in [6.45, 7) is 5.33. The summed E-state index contributed by atoms with van der Waals surface area (Å²) in [4.78, 5) is 6.34. The third-order valence-corrected chi connectivity index (χ3v) is 1.43. The van der Waals surface area contributed by atoms with Crippen LogP contribution in [-0.2, 0) is 0 Å². The third-order valence-electron chi connectivity index (χ3n) is 1.43. The molecule has 0 atom stereocenters. The molecule has 0 aromatic heterocycles. The molecule has 2 heteroatoms. The van der Waals surface area contributed by atoms with E-state index in [9.17, 15) is 0 Å². The molecule has 0 aromatic carbocycles. The van der Waals surface area contributed by atoms with Gasteiger partial charge in [0.15, 0.2) is 0 Å². The summed E-state index contributed by atoms with van der Waals surface area (Å²) in [5.74, 6) is 0.576. The Morgan fingerprint density at radius 1 is 1.40 bits per heavy atom. The highest BCUT2D eigenvalue weighted by molar-refractivity contribution is 5.87. The maximum Gasteiger partial charge on any atom is 0.0359 e. The smallest absolute Gasteiger partial charge is 0.0359 e. The molecule has 0 spiro atoms. The van der Waals surface area contributed by atoms with E-state index < -0.39 is 0 Å². The fraction of sp³-hybridized carbons (Fsp3) is 0.875. The Balaban J connectivity index is 3.86. The molecule has 0 bridgehead atoms. The van der Waals surface area contributed by atoms with E-state index in [-0.39, 0.29) is 0 Å². The minimum atomic E-state index is 0.576. The van der Waals surface area contributed by atoms with Crippen LogP contribution in [0.2, 0.25) is 0 Å². The molecule has 0 saturated heterocycles. The van der Waals surface area contributed by atoms with Crippen molar-refractivity contribution in [2.24, 2.45) is 10.9 Å². The van der Waals surface area contributed by atoms with E-state index in [0.29, 0.717) is 5.92 Å². The van der Waals surface area contributed by atoms with Crippen LogP contribution in [0.25, 0.3) is 0 Å². The van der Waals surface area contributed by atoms with Crippen molar-refractivity contribution in [1.82, 2.24) is 4.90 Å². The Hall–Kier alpha value is -0.370. The zero-order valence-electron chi connectivity index (χ0n) is 7.68. The fourth-order valence-corrected chi connectivity index (χ4v) is 0.835. The van der Waals surface area contributed by atoms with E-state index in [1.165, 1.54) is 5.71 Å². The molecule has 0 aromatic rings. The van der Waals surface area contributed by atoms with E-state index in [4.69, 9.17) is 0 Å². The van der Waals surface area contributed by atoms with Crippen LogP contribution in [0.3, 0.4) is 0 Å². The van der Waals surface area contributed by atoms with Gasteiger partial charge in [0.05, 0.1) is 0 Å². The number of aliphatic imine (C=N–C) groups is 1. The number of hydrogen-bond acceptors (Lipinski definition) is 2. The molecule has 0 amide bonds. The standard InChI is InChI=1S/C8H18N2/c1-7(2)8(9-3)6-10(4)5/h7H,6H2,1-5H3. The topological polar surface area (TPSA) is 15.6 Å². The summed E-state index contributed by atoms with van der Waals surface area (Å²) in [6.07, 6.45) is 0. The summed E-state index contributed by atoms with van der Waals surface area (Å²) in [5.41, 5.74) is 1.27. The molecule has 0 unspecified atom stereocenters. The van der Waals surface area contributed by atoms with E-state index in [1.807, 2.05) is 7.05 Å². The van der Waals surface area contributed by atoms with Crippen molar-refractivity contribution in [1.29, 1.82) is 0 Å². The second kappa shape index (κ2) is 4.45. The second-order valence-corrected chi connectivity index (χ2v) is 3.11. The number of nitrogens with zero attached hydrogens (tertiary/aromatic N) is 2. The molecule has 0 fully saturated rings. The summed E-state index contributed by atoms with van der Waals surface area (Å²) in [6, 6.07) is 0. The molecule has 0 N–H and O–H groups in total. The van der Waals surface area contributed by atoms with Gasteiger partial charge >= 0.3 is 0 Å². The fourth-order valence-electron chi connectivity index (χ4n) is 0.835. The largest absolute Gasteiger partial charge is 0.304 e. The molecule has 0 saturated carbocycles. The molecule has 0 aliphatic rings. The van der Waals surface area contributed by atoms with Crippen molar-refractivity contribution in [2.75, 3.05) is 27.7 Å². The van der Waals surface area contributed by atoms with E-state index >= 15 is 0 Å². The molecular weight excluding hydrogens is 124 g/mol. The first-order chi connectivity index (χ1) is 4.57. The molecule has 0 radical (unpaired) electrons. The van der Waals surface area contributed by atoms with Gasteiger partial charge in [-0.1, -0.05) is 13.8 Å². The molecule has 0 aliphatic carbocycles. The normalized spacial score (nSPS) is 13.3. The average molecular weight is 142 g/mol. The predicted molar refractivity (Wildman–Crippen MR) is 46.8 cm³/mol. The first-order valence-electron chi connectivity index (χ1n) is 3.68. The molecule has 0 heterocycles. The Morgan fingerprint density at radius 2 is 1.90 bits per heavy atom. The Kier molecular flexibility index (Phi) is 4.28. The summed E-state index contributed by atoms with van der Waals surface area (Å²) >= 11 is 0. The lowest BCUT2D eigenvalue weighted by Crippen LogP contribution is -2.25. The van der Waals surface area contributed by atoms with Crippen molar-refractivity contribution in [3.8, 4) is 0 Å². The average Bonchev–Trinajstić information content (AvgIpc) is 1.81. The van der Waals surface area contributed by atoms with Crippen LogP contribution in [0, 0.1) is 5.92 Å². The Morgan fingerprint density at radius 3 is 2.00 bits per heavy atom. The van der Waals surface area contributed by atoms with Crippen LogP contribution in [0.4, 0.5) is 0 Å². The molecule has 2 nitrogen and oxygen atoms in total. The molecule has 0 rings (SSSR count). The molecule has 0 aliphatic heterocycles. The SMILES string of the molecule is CN=C(CN(C)C)C(C)C. The maximum absolute atomic E-state index is 4.20. The van der Waals surface area contributed by atoms with Gasteiger partial charge in [0.2, 0.25) is 0 Å². The minimum Gasteiger partial charge on any atom is -0.304 e. The zero-order chi connectivity index (χ0) is 8.15. The van der Waals surface area contributed by atoms with Gasteiger partial charge in [0.1, 0.15) is 0 Å². The third kappa shape index (κ3) is 3.62. The first kappa shape index (κ1) is 9.63. The quantitative estimate of drug-likeness (QED) is 0.542. The lowest BCUT2D eigenvalue weighted by Gasteiger charge is -2.14. The van der Waals surface area contributed by atoms with Crippen molar-refractivity contribution in [3.05, 3.63) is 0 Å². The van der Waals surface area contributed by atoms with E-state index in [1.54, 1.807) is 0 Å². The summed E-state index contributed by atoms with van der Waals surface area (Å²) in [7, 11) is 5.99. The second-order valence-electron chi connectivity index (χ2n) is 3.11. The first-order valence-corrected chi connectivity index (χ1v) is 3.68. The van der Waals surface area contributed by atoms with Crippen LogP contribution in [0.15, 0.2) is 4.99 Å². The van der Waals surface area contributed by atoms with Gasteiger partial charge < -0.3 is 4.90 Å². The van der Waals surface area contributed by atoms with Gasteiger partial charge in [0.25, 0.3) is 0 Å². The van der Waals surface area contributed by atoms with Crippen molar-refractivity contribution in [3.63, 3.8) is 0 Å². The van der Waals surface area contributed by atoms with Gasteiger partial charge in [-0.25, -0.2) is 0 Å². The minimum absolute atomic E-state index is 0.576. The van der Waals surface area contributed by atoms with Gasteiger partial charge in [-0.15, -0.1) is 0 Å². The number of rotatable bonds is 3. The van der Waals surface area contributed by atoms with Crippen molar-refractivity contribution >= 4 is 5.71 Å². The molecular formula is C8H18N2. The van der Waals surface area contributed by atoms with Gasteiger partial charge in [-0.05, 0) is 20.0 Å². The van der Waals surface area contributed by atoms with Crippen molar-refractivity contribution < 1.29 is 0 Å². The molecule has 60 valence electrons. The van der Waals surface area contributed by atoms with E-state index in [2.05, 4.69) is 37.8 Å². The predicted octanol–water partition coefficient (Wildman–Crippen LogP) is 1.27. The van der Waals surface area contributed by atoms with Crippen LogP contribution in [0.5, 0.6) is 0 Å². The van der Waals surface area contributed by atoms with Crippen molar-refractivity contribution in [2.45, 2.75) is 13.8 Å². The van der Waals surface area contributed by atoms with Gasteiger partial charge in [-0.3, -0.25) is 4.99 Å². The van der Waals surface area contributed by atoms with Gasteiger partial charge in [-0.2, -0.15) is 0 Å². The molecule has 10 heavy (non-hydrogen) atoms. The highest BCUT2D eigenvalue weighted by Crippen LogP contribution is 1.97. The lowest BCUT2D eigenvalue weighted by atomic mass is 10.1. The van der Waals surface area contributed by atoms with Crippen LogP contribution in [-0.4, -0.2) is 38.3 Å². The monoisotopic (exact) mass is 142 g/mol. The Bertz CT molecular complexity index is 114. The lowest BCUT2D eigenvalue weighted by molar-refractivity contribution is 0.462. The highest BCUT2D eigenvalue weighted by atomic mass is 15.1. The number of hydrogen-bond donors (Lipinski definition) is 0. The van der Waals surface area contributed by atoms with Crippen LogP contribution < -0.4 is 0 Å². The van der Waals surface area contributed by atoms with Gasteiger partial charge in [0, 0.05) is 19.3 Å². The summed E-state index contributed by atoms with van der Waals surface area (Å²) in [5, 5.41) is 0. The van der Waals surface area contributed by atoms with Crippen LogP contribution >= 0.6 is 0 Å². The zero-order valence-corrected chi connectivity index (χ0v) is 7.68. The van der Waals surface area contributed by atoms with Crippen LogP contribution in [0.1, 0.15) is 13.8 Å². The Labute approximate surface area is 63.9 Å². The van der Waals surface area contributed by atoms with E-state index in [0.717, 1.165) is 6.54 Å². The highest BCUT2D eigenvalue weighted by Gasteiger charge is 2.03.